The van der Waals surface area contributed by atoms with E-state index >= 15 is 0 Å². The first-order valence-corrected chi connectivity index (χ1v) is 6.89. The second-order valence-electron chi connectivity index (χ2n) is 5.07. The van der Waals surface area contributed by atoms with Crippen LogP contribution in [-0.4, -0.2) is 12.3 Å². The Balaban J connectivity index is 1.97. The van der Waals surface area contributed by atoms with Crippen LogP contribution in [0.4, 0.5) is 5.69 Å². The second kappa shape index (κ2) is 5.33. The Morgan fingerprint density at radius 1 is 1.05 bits per heavy atom. The average Bonchev–Trinajstić information content (AvgIpc) is 2.69. The van der Waals surface area contributed by atoms with Crippen LogP contribution in [0.5, 0.6) is 0 Å². The summed E-state index contributed by atoms with van der Waals surface area (Å²) in [7, 11) is 0. The van der Waals surface area contributed by atoms with Gasteiger partial charge in [-0.2, -0.15) is 0 Å². The molecule has 1 N–H and O–H groups in total. The molecule has 3 rings (SSSR count). The van der Waals surface area contributed by atoms with Gasteiger partial charge >= 0.3 is 0 Å². The normalized spacial score (nSPS) is 13.8. The molecule has 0 aliphatic carbocycles. The zero-order chi connectivity index (χ0) is 13.9. The lowest BCUT2D eigenvalue weighted by Crippen LogP contribution is -2.00. The van der Waals surface area contributed by atoms with Crippen molar-refractivity contribution in [1.82, 2.24) is 0 Å². The minimum atomic E-state index is 0.110. The molecule has 0 saturated carbocycles. The van der Waals surface area contributed by atoms with Gasteiger partial charge in [0.2, 0.25) is 0 Å². The predicted molar refractivity (Wildman–Crippen MR) is 83.9 cm³/mol. The summed E-state index contributed by atoms with van der Waals surface area (Å²) in [6.07, 6.45) is 3.21. The van der Waals surface area contributed by atoms with Gasteiger partial charge in [0.05, 0.1) is 0 Å². The standard InChI is InChI=1S/C18H17NO/c1-13(20)14-6-8-15(9-7-14)16-10-11-19-18-5-3-2-4-17(18)12-16/h2-9,12,19H,10-11H2,1H3. The van der Waals surface area contributed by atoms with Crippen molar-refractivity contribution in [2.45, 2.75) is 13.3 Å². The van der Waals surface area contributed by atoms with Gasteiger partial charge in [-0.05, 0) is 42.2 Å². The molecule has 0 aromatic heterocycles. The fraction of sp³-hybridized carbons (Fsp3) is 0.167. The van der Waals surface area contributed by atoms with E-state index in [0.29, 0.717) is 0 Å². The van der Waals surface area contributed by atoms with Crippen molar-refractivity contribution in [2.75, 3.05) is 11.9 Å². The summed E-state index contributed by atoms with van der Waals surface area (Å²) >= 11 is 0. The number of fused-ring (bicyclic) bond motifs is 1. The molecule has 2 heteroatoms. The number of nitrogens with one attached hydrogen (secondary N) is 1. The first kappa shape index (κ1) is 12.7. The van der Waals surface area contributed by atoms with Crippen molar-refractivity contribution in [3.8, 4) is 0 Å². The number of carbonyl (C=O) groups excluding carboxylic acids is 1. The van der Waals surface area contributed by atoms with Crippen LogP contribution in [0.2, 0.25) is 0 Å². The Hall–Kier alpha value is -2.35. The first-order chi connectivity index (χ1) is 9.74. The summed E-state index contributed by atoms with van der Waals surface area (Å²) in [4.78, 5) is 11.3. The van der Waals surface area contributed by atoms with Crippen LogP contribution in [0.15, 0.2) is 48.5 Å². The lowest BCUT2D eigenvalue weighted by molar-refractivity contribution is 0.101. The first-order valence-electron chi connectivity index (χ1n) is 6.89. The number of anilines is 1. The number of rotatable bonds is 2. The van der Waals surface area contributed by atoms with Gasteiger partial charge in [-0.1, -0.05) is 42.5 Å². The van der Waals surface area contributed by atoms with Crippen LogP contribution in [0.25, 0.3) is 11.6 Å². The van der Waals surface area contributed by atoms with Crippen molar-refractivity contribution >= 4 is 23.1 Å². The van der Waals surface area contributed by atoms with Gasteiger partial charge in [-0.3, -0.25) is 4.79 Å². The van der Waals surface area contributed by atoms with Crippen molar-refractivity contribution in [1.29, 1.82) is 0 Å². The van der Waals surface area contributed by atoms with Gasteiger partial charge < -0.3 is 5.32 Å². The lowest BCUT2D eigenvalue weighted by atomic mass is 9.99. The molecule has 0 atom stereocenters. The number of hydrogen-bond acceptors (Lipinski definition) is 2. The molecule has 0 spiro atoms. The zero-order valence-corrected chi connectivity index (χ0v) is 11.5. The number of carbonyl (C=O) groups is 1. The Labute approximate surface area is 119 Å². The third-order valence-corrected chi connectivity index (χ3v) is 3.66. The summed E-state index contributed by atoms with van der Waals surface area (Å²) in [5.41, 5.74) is 5.66. The summed E-state index contributed by atoms with van der Waals surface area (Å²) in [5.74, 6) is 0.110. The Morgan fingerprint density at radius 2 is 1.80 bits per heavy atom. The van der Waals surface area contributed by atoms with E-state index in [9.17, 15) is 4.79 Å². The molecule has 0 amide bonds. The van der Waals surface area contributed by atoms with E-state index in [2.05, 4.69) is 29.6 Å². The molecular weight excluding hydrogens is 246 g/mol. The van der Waals surface area contributed by atoms with Crippen LogP contribution < -0.4 is 5.32 Å². The van der Waals surface area contributed by atoms with Crippen molar-refractivity contribution < 1.29 is 4.79 Å². The molecule has 1 aliphatic rings. The number of benzene rings is 2. The summed E-state index contributed by atoms with van der Waals surface area (Å²) in [5, 5.41) is 3.45. The highest BCUT2D eigenvalue weighted by Gasteiger charge is 2.09. The van der Waals surface area contributed by atoms with Crippen molar-refractivity contribution in [3.63, 3.8) is 0 Å². The van der Waals surface area contributed by atoms with Crippen LogP contribution in [0.3, 0.4) is 0 Å². The number of para-hydroxylation sites is 1. The van der Waals surface area contributed by atoms with E-state index in [1.54, 1.807) is 6.92 Å². The molecule has 100 valence electrons. The van der Waals surface area contributed by atoms with E-state index in [0.717, 1.165) is 18.5 Å². The molecule has 2 aromatic rings. The smallest absolute Gasteiger partial charge is 0.159 e. The van der Waals surface area contributed by atoms with Crippen molar-refractivity contribution in [2.24, 2.45) is 0 Å². The van der Waals surface area contributed by atoms with E-state index < -0.39 is 0 Å². The fourth-order valence-corrected chi connectivity index (χ4v) is 2.52. The molecule has 0 radical (unpaired) electrons. The number of ketones is 1. The minimum absolute atomic E-state index is 0.110. The zero-order valence-electron chi connectivity index (χ0n) is 11.5. The van der Waals surface area contributed by atoms with Gasteiger partial charge in [-0.15, -0.1) is 0 Å². The maximum Gasteiger partial charge on any atom is 0.159 e. The highest BCUT2D eigenvalue weighted by molar-refractivity contribution is 5.95. The van der Waals surface area contributed by atoms with Gasteiger partial charge in [-0.25, -0.2) is 0 Å². The van der Waals surface area contributed by atoms with Gasteiger partial charge in [0.15, 0.2) is 5.78 Å². The SMILES string of the molecule is CC(=O)c1ccc(C2=Cc3ccccc3NCC2)cc1. The Morgan fingerprint density at radius 3 is 2.55 bits per heavy atom. The molecule has 2 aromatic carbocycles. The molecule has 1 aliphatic heterocycles. The highest BCUT2D eigenvalue weighted by Crippen LogP contribution is 2.28. The van der Waals surface area contributed by atoms with Gasteiger partial charge in [0.25, 0.3) is 0 Å². The maximum atomic E-state index is 11.3. The van der Waals surface area contributed by atoms with E-state index in [4.69, 9.17) is 0 Å². The van der Waals surface area contributed by atoms with E-state index in [-0.39, 0.29) is 5.78 Å². The minimum Gasteiger partial charge on any atom is -0.384 e. The maximum absolute atomic E-state index is 11.3. The number of hydrogen-bond donors (Lipinski definition) is 1. The van der Waals surface area contributed by atoms with Crippen molar-refractivity contribution in [3.05, 3.63) is 65.2 Å². The molecule has 1 heterocycles. The Kier molecular flexibility index (Phi) is 3.38. The second-order valence-corrected chi connectivity index (χ2v) is 5.07. The molecule has 20 heavy (non-hydrogen) atoms. The third kappa shape index (κ3) is 2.50. The van der Waals surface area contributed by atoms with Gasteiger partial charge in [0.1, 0.15) is 0 Å². The molecule has 0 saturated heterocycles. The quantitative estimate of drug-likeness (QED) is 0.821. The van der Waals surface area contributed by atoms with Crippen LogP contribution in [0, 0.1) is 0 Å². The molecular formula is C18H17NO. The Bertz CT molecular complexity index is 668. The predicted octanol–water partition coefficient (Wildman–Crippen LogP) is 4.25. The third-order valence-electron chi connectivity index (χ3n) is 3.66. The lowest BCUT2D eigenvalue weighted by Gasteiger charge is -2.06. The number of Topliss-reactive ketones (excluding diaryl/α,β-unsaturated/α-hetero) is 1. The highest BCUT2D eigenvalue weighted by atomic mass is 16.1. The molecule has 0 unspecified atom stereocenters. The fourth-order valence-electron chi connectivity index (χ4n) is 2.52. The van der Waals surface area contributed by atoms with Crippen LogP contribution in [-0.2, 0) is 0 Å². The van der Waals surface area contributed by atoms with Gasteiger partial charge in [0, 0.05) is 17.8 Å². The summed E-state index contributed by atoms with van der Waals surface area (Å²) < 4.78 is 0. The largest absolute Gasteiger partial charge is 0.384 e. The molecule has 2 nitrogen and oxygen atoms in total. The summed E-state index contributed by atoms with van der Waals surface area (Å²) in [6, 6.07) is 16.2. The van der Waals surface area contributed by atoms with E-state index in [1.165, 1.54) is 22.4 Å². The van der Waals surface area contributed by atoms with E-state index in [1.807, 2.05) is 30.3 Å². The molecule has 0 fully saturated rings. The van der Waals surface area contributed by atoms with Crippen LogP contribution >= 0.6 is 0 Å². The van der Waals surface area contributed by atoms with Crippen LogP contribution in [0.1, 0.15) is 34.8 Å². The molecule has 0 bridgehead atoms. The average molecular weight is 263 g/mol. The monoisotopic (exact) mass is 263 g/mol. The summed E-state index contributed by atoms with van der Waals surface area (Å²) in [6.45, 7) is 2.53. The topological polar surface area (TPSA) is 29.1 Å².